The van der Waals surface area contributed by atoms with Crippen molar-refractivity contribution in [1.29, 1.82) is 0 Å². The summed E-state index contributed by atoms with van der Waals surface area (Å²) in [6.45, 7) is 0.589. The molecule has 21 heavy (non-hydrogen) atoms. The quantitative estimate of drug-likeness (QED) is 0.781. The molecule has 2 heterocycles. The Balaban J connectivity index is 1.55. The first kappa shape index (κ1) is 12.5. The molecule has 5 heteroatoms. The lowest BCUT2D eigenvalue weighted by molar-refractivity contribution is -0.117. The molecule has 1 atom stereocenters. The highest BCUT2D eigenvalue weighted by atomic mass is 32.1. The molecule has 0 radical (unpaired) electrons. The second kappa shape index (κ2) is 4.95. The van der Waals surface area contributed by atoms with Crippen LogP contribution in [0.1, 0.15) is 16.6 Å². The van der Waals surface area contributed by atoms with Gasteiger partial charge in [-0.1, -0.05) is 30.3 Å². The van der Waals surface area contributed by atoms with Crippen LogP contribution in [0, 0.1) is 0 Å². The normalized spacial score (nSPS) is 17.0. The van der Waals surface area contributed by atoms with E-state index >= 15 is 0 Å². The number of benzene rings is 2. The van der Waals surface area contributed by atoms with Gasteiger partial charge in [-0.15, -0.1) is 11.3 Å². The fourth-order valence-electron chi connectivity index (χ4n) is 2.60. The zero-order valence-corrected chi connectivity index (χ0v) is 12.0. The van der Waals surface area contributed by atoms with Crippen LogP contribution in [0.15, 0.2) is 48.5 Å². The number of rotatable bonds is 3. The first-order chi connectivity index (χ1) is 10.3. The van der Waals surface area contributed by atoms with Crippen molar-refractivity contribution in [2.24, 2.45) is 0 Å². The largest absolute Gasteiger partial charge is 0.324 e. The van der Waals surface area contributed by atoms with E-state index in [4.69, 9.17) is 0 Å². The maximum atomic E-state index is 12.0. The number of nitrogens with zero attached hydrogens (tertiary/aromatic N) is 1. The van der Waals surface area contributed by atoms with Crippen molar-refractivity contribution in [3.05, 3.63) is 59.1 Å². The van der Waals surface area contributed by atoms with Crippen molar-refractivity contribution in [2.45, 2.75) is 12.6 Å². The van der Waals surface area contributed by atoms with Gasteiger partial charge in [0.2, 0.25) is 5.91 Å². The molecule has 0 bridgehead atoms. The summed E-state index contributed by atoms with van der Waals surface area (Å²) in [5.41, 5.74) is 2.91. The number of fused-ring (bicyclic) bond motifs is 2. The number of thiazole rings is 1. The third-order valence-corrected chi connectivity index (χ3v) is 4.62. The molecular weight excluding hydrogens is 282 g/mol. The Kier molecular flexibility index (Phi) is 2.94. The minimum Gasteiger partial charge on any atom is -0.324 e. The molecule has 4 nitrogen and oxygen atoms in total. The van der Waals surface area contributed by atoms with Gasteiger partial charge in [0.05, 0.1) is 10.2 Å². The molecule has 3 aromatic rings. The number of hydrogen-bond donors (Lipinski definition) is 2. The van der Waals surface area contributed by atoms with Crippen LogP contribution in [-0.4, -0.2) is 10.9 Å². The van der Waals surface area contributed by atoms with E-state index in [1.54, 1.807) is 11.3 Å². The van der Waals surface area contributed by atoms with Crippen molar-refractivity contribution in [2.75, 3.05) is 5.32 Å². The Morgan fingerprint density at radius 2 is 1.95 bits per heavy atom. The Labute approximate surface area is 125 Å². The van der Waals surface area contributed by atoms with E-state index in [2.05, 4.69) is 21.7 Å². The molecule has 4 rings (SSSR count). The van der Waals surface area contributed by atoms with Crippen LogP contribution in [0.5, 0.6) is 0 Å². The minimum absolute atomic E-state index is 0.00249. The molecule has 1 aliphatic rings. The lowest BCUT2D eigenvalue weighted by atomic mass is 10.1. The molecule has 0 fully saturated rings. The molecule has 1 amide bonds. The van der Waals surface area contributed by atoms with Gasteiger partial charge in [-0.2, -0.15) is 0 Å². The van der Waals surface area contributed by atoms with Gasteiger partial charge in [0.15, 0.2) is 0 Å². The maximum Gasteiger partial charge on any atom is 0.246 e. The number of anilines is 1. The van der Waals surface area contributed by atoms with Crippen LogP contribution in [0.4, 0.5) is 5.69 Å². The molecule has 0 spiro atoms. The SMILES string of the molecule is O=C1Nc2ccccc2C1NCc1nc2ccccc2s1. The monoisotopic (exact) mass is 295 g/mol. The van der Waals surface area contributed by atoms with E-state index in [1.165, 1.54) is 4.70 Å². The van der Waals surface area contributed by atoms with Crippen LogP contribution in [0.3, 0.4) is 0 Å². The van der Waals surface area contributed by atoms with E-state index in [1.807, 2.05) is 42.5 Å². The molecule has 2 aromatic carbocycles. The standard InChI is InChI=1S/C16H13N3OS/c20-16-15(10-5-1-2-6-11(10)19-16)17-9-14-18-12-7-3-4-8-13(12)21-14/h1-8,15,17H,9H2,(H,19,20). The minimum atomic E-state index is -0.298. The van der Waals surface area contributed by atoms with Crippen molar-refractivity contribution in [3.63, 3.8) is 0 Å². The molecule has 0 aliphatic carbocycles. The predicted molar refractivity (Wildman–Crippen MR) is 84.3 cm³/mol. The summed E-state index contributed by atoms with van der Waals surface area (Å²) in [4.78, 5) is 16.6. The van der Waals surface area contributed by atoms with E-state index < -0.39 is 0 Å². The summed E-state index contributed by atoms with van der Waals surface area (Å²) in [6, 6.07) is 15.5. The highest BCUT2D eigenvalue weighted by molar-refractivity contribution is 7.18. The van der Waals surface area contributed by atoms with E-state index in [-0.39, 0.29) is 11.9 Å². The smallest absolute Gasteiger partial charge is 0.246 e. The van der Waals surface area contributed by atoms with Gasteiger partial charge in [-0.3, -0.25) is 10.1 Å². The highest BCUT2D eigenvalue weighted by Gasteiger charge is 2.29. The van der Waals surface area contributed by atoms with Crippen LogP contribution in [0.25, 0.3) is 10.2 Å². The number of carbonyl (C=O) groups is 1. The molecule has 0 saturated heterocycles. The number of hydrogen-bond acceptors (Lipinski definition) is 4. The predicted octanol–water partition coefficient (Wildman–Crippen LogP) is 3.08. The van der Waals surface area contributed by atoms with Crippen molar-refractivity contribution in [3.8, 4) is 0 Å². The number of amides is 1. The summed E-state index contributed by atoms with van der Waals surface area (Å²) in [7, 11) is 0. The Bertz CT molecular complexity index is 794. The fraction of sp³-hybridized carbons (Fsp3) is 0.125. The Hall–Kier alpha value is -2.24. The summed E-state index contributed by atoms with van der Waals surface area (Å²) in [5, 5.41) is 7.19. The average Bonchev–Trinajstić information content (AvgIpc) is 3.04. The summed E-state index contributed by atoms with van der Waals surface area (Å²) >= 11 is 1.66. The van der Waals surface area contributed by atoms with E-state index in [0.29, 0.717) is 6.54 Å². The van der Waals surface area contributed by atoms with Crippen molar-refractivity contribution in [1.82, 2.24) is 10.3 Å². The summed E-state index contributed by atoms with van der Waals surface area (Å²) in [6.07, 6.45) is 0. The van der Waals surface area contributed by atoms with Crippen molar-refractivity contribution >= 4 is 33.1 Å². The molecule has 104 valence electrons. The number of aromatic nitrogens is 1. The van der Waals surface area contributed by atoms with Gasteiger partial charge in [0.25, 0.3) is 0 Å². The number of carbonyl (C=O) groups excluding carboxylic acids is 1. The second-order valence-corrected chi connectivity index (χ2v) is 6.08. The topological polar surface area (TPSA) is 54.0 Å². The van der Waals surface area contributed by atoms with Gasteiger partial charge >= 0.3 is 0 Å². The third kappa shape index (κ3) is 2.20. The number of para-hydroxylation sites is 2. The number of nitrogens with one attached hydrogen (secondary N) is 2. The summed E-state index contributed by atoms with van der Waals surface area (Å²) < 4.78 is 1.17. The Morgan fingerprint density at radius 1 is 1.14 bits per heavy atom. The fourth-order valence-corrected chi connectivity index (χ4v) is 3.51. The van der Waals surface area contributed by atoms with Gasteiger partial charge < -0.3 is 5.32 Å². The molecule has 1 aliphatic heterocycles. The van der Waals surface area contributed by atoms with Crippen LogP contribution in [0.2, 0.25) is 0 Å². The lowest BCUT2D eigenvalue weighted by Gasteiger charge is -2.09. The molecule has 1 unspecified atom stereocenters. The maximum absolute atomic E-state index is 12.0. The first-order valence-electron chi connectivity index (χ1n) is 6.79. The van der Waals surface area contributed by atoms with Crippen LogP contribution < -0.4 is 10.6 Å². The highest BCUT2D eigenvalue weighted by Crippen LogP contribution is 2.30. The van der Waals surface area contributed by atoms with Crippen molar-refractivity contribution < 1.29 is 4.79 Å². The van der Waals surface area contributed by atoms with E-state index in [9.17, 15) is 4.79 Å². The Morgan fingerprint density at radius 3 is 2.86 bits per heavy atom. The third-order valence-electron chi connectivity index (χ3n) is 3.59. The zero-order valence-electron chi connectivity index (χ0n) is 11.2. The van der Waals surface area contributed by atoms with Gasteiger partial charge in [0.1, 0.15) is 11.0 Å². The first-order valence-corrected chi connectivity index (χ1v) is 7.60. The summed E-state index contributed by atoms with van der Waals surface area (Å²) in [5.74, 6) is -0.00249. The average molecular weight is 295 g/mol. The van der Waals surface area contributed by atoms with Gasteiger partial charge in [-0.05, 0) is 18.2 Å². The van der Waals surface area contributed by atoms with E-state index in [0.717, 1.165) is 21.8 Å². The zero-order chi connectivity index (χ0) is 14.2. The molecule has 1 aromatic heterocycles. The molecular formula is C16H13N3OS. The van der Waals surface area contributed by atoms with Gasteiger partial charge in [0, 0.05) is 17.8 Å². The lowest BCUT2D eigenvalue weighted by Crippen LogP contribution is -2.27. The van der Waals surface area contributed by atoms with Crippen LogP contribution >= 0.6 is 11.3 Å². The molecule has 0 saturated carbocycles. The van der Waals surface area contributed by atoms with Crippen LogP contribution in [-0.2, 0) is 11.3 Å². The van der Waals surface area contributed by atoms with Gasteiger partial charge in [-0.25, -0.2) is 4.98 Å². The second-order valence-electron chi connectivity index (χ2n) is 4.97. The molecule has 2 N–H and O–H groups in total.